The molecule has 1 aliphatic carbocycles. The van der Waals surface area contributed by atoms with Gasteiger partial charge in [0.2, 0.25) is 17.7 Å². The Morgan fingerprint density at radius 2 is 1.63 bits per heavy atom. The molecule has 17 heteroatoms. The summed E-state index contributed by atoms with van der Waals surface area (Å²) >= 11 is 6.00. The number of anilines is 3. The fourth-order valence-corrected chi connectivity index (χ4v) is 4.49. The molecule has 0 unspecified atom stereocenters. The van der Waals surface area contributed by atoms with E-state index in [1.807, 2.05) is 12.1 Å². The van der Waals surface area contributed by atoms with Crippen molar-refractivity contribution in [3.63, 3.8) is 0 Å². The van der Waals surface area contributed by atoms with Crippen molar-refractivity contribution in [3.05, 3.63) is 64.7 Å². The Hall–Kier alpha value is -4.99. The zero-order chi connectivity index (χ0) is 33.5. The largest absolute Gasteiger partial charge is 0.480 e. The first-order chi connectivity index (χ1) is 21.7. The first-order valence-corrected chi connectivity index (χ1v) is 14.3. The molecule has 244 valence electrons. The van der Waals surface area contributed by atoms with E-state index < -0.39 is 53.9 Å². The lowest BCUT2D eigenvalue weighted by atomic mass is 10.1. The second kappa shape index (κ2) is 14.4. The average molecular weight is 664 g/mol. The van der Waals surface area contributed by atoms with Crippen molar-refractivity contribution < 1.29 is 42.2 Å². The molecule has 1 aliphatic rings. The SMILES string of the molecule is NC(=O)C(=O)CCCC[C@@H](NC(=O)c1ccc(Nc2nc(NC3(c4ccc(Cl)cc4)CC3)nc(OCC(F)(F)F)n2)cc1)C(=O)O. The second-order valence-electron chi connectivity index (χ2n) is 10.5. The molecule has 46 heavy (non-hydrogen) atoms. The third-order valence-electron chi connectivity index (χ3n) is 6.91. The van der Waals surface area contributed by atoms with Crippen molar-refractivity contribution in [2.24, 2.45) is 5.73 Å². The number of carbonyl (C=O) groups is 4. The van der Waals surface area contributed by atoms with Gasteiger partial charge >= 0.3 is 18.2 Å². The number of aliphatic carboxylic acids is 1. The van der Waals surface area contributed by atoms with E-state index >= 15 is 0 Å². The van der Waals surface area contributed by atoms with Gasteiger partial charge in [-0.1, -0.05) is 30.2 Å². The highest BCUT2D eigenvalue weighted by molar-refractivity contribution is 6.35. The minimum Gasteiger partial charge on any atom is -0.480 e. The number of alkyl halides is 3. The monoisotopic (exact) mass is 663 g/mol. The van der Waals surface area contributed by atoms with E-state index in [-0.39, 0.29) is 43.1 Å². The lowest BCUT2D eigenvalue weighted by Gasteiger charge is -2.19. The van der Waals surface area contributed by atoms with Gasteiger partial charge in [0.05, 0.1) is 5.54 Å². The normalized spacial score (nSPS) is 14.1. The van der Waals surface area contributed by atoms with E-state index in [0.29, 0.717) is 23.6 Å². The summed E-state index contributed by atoms with van der Waals surface area (Å²) < 4.78 is 43.3. The van der Waals surface area contributed by atoms with Crippen molar-refractivity contribution in [3.8, 4) is 6.01 Å². The van der Waals surface area contributed by atoms with Crippen LogP contribution < -0.4 is 26.4 Å². The van der Waals surface area contributed by atoms with Gasteiger partial charge < -0.3 is 31.5 Å². The van der Waals surface area contributed by atoms with Gasteiger partial charge in [-0.3, -0.25) is 14.4 Å². The van der Waals surface area contributed by atoms with Gasteiger partial charge in [0, 0.05) is 22.7 Å². The van der Waals surface area contributed by atoms with E-state index in [1.54, 1.807) is 12.1 Å². The number of carboxylic acids is 1. The van der Waals surface area contributed by atoms with Crippen LogP contribution in [0.15, 0.2) is 48.5 Å². The fourth-order valence-electron chi connectivity index (χ4n) is 4.36. The molecule has 0 aliphatic heterocycles. The topological polar surface area (TPSA) is 199 Å². The van der Waals surface area contributed by atoms with Crippen LogP contribution in [0.5, 0.6) is 6.01 Å². The lowest BCUT2D eigenvalue weighted by Crippen LogP contribution is -2.40. The van der Waals surface area contributed by atoms with Gasteiger partial charge in [-0.05, 0) is 67.6 Å². The van der Waals surface area contributed by atoms with Crippen molar-refractivity contribution >= 4 is 52.8 Å². The average Bonchev–Trinajstić information content (AvgIpc) is 3.77. The van der Waals surface area contributed by atoms with E-state index in [0.717, 1.165) is 5.56 Å². The van der Waals surface area contributed by atoms with Gasteiger partial charge in [0.15, 0.2) is 6.61 Å². The Morgan fingerprint density at radius 3 is 2.22 bits per heavy atom. The standard InChI is InChI=1S/C29H29ClF3N7O6/c30-18-9-7-17(8-10-18)28(13-14-28)40-26-37-25(38-27(39-26)46-15-29(31,32)33)35-19-11-5-16(6-12-19)23(43)36-20(24(44)45)3-1-2-4-21(41)22(34)42/h5-12,20H,1-4,13-15H2,(H2,34,42)(H,36,43)(H,44,45)(H2,35,37,38,39,40)/t20-/m1/s1. The summed E-state index contributed by atoms with van der Waals surface area (Å²) in [7, 11) is 0. The highest BCUT2D eigenvalue weighted by Crippen LogP contribution is 2.48. The molecule has 0 radical (unpaired) electrons. The Balaban J connectivity index is 1.43. The maximum Gasteiger partial charge on any atom is 0.422 e. The number of Topliss-reactive ketones (excluding diaryl/α,β-unsaturated/α-hetero) is 1. The second-order valence-corrected chi connectivity index (χ2v) is 10.9. The van der Waals surface area contributed by atoms with Crippen LogP contribution in [0.2, 0.25) is 5.02 Å². The molecule has 2 amide bonds. The summed E-state index contributed by atoms with van der Waals surface area (Å²) in [6.07, 6.45) is -2.85. The van der Waals surface area contributed by atoms with Crippen LogP contribution in [-0.2, 0) is 19.9 Å². The highest BCUT2D eigenvalue weighted by Gasteiger charge is 2.45. The molecule has 0 saturated heterocycles. The minimum atomic E-state index is -4.63. The molecule has 1 fully saturated rings. The highest BCUT2D eigenvalue weighted by atomic mass is 35.5. The van der Waals surface area contributed by atoms with E-state index in [9.17, 15) is 37.5 Å². The number of nitrogens with one attached hydrogen (secondary N) is 3. The first kappa shape index (κ1) is 33.9. The Kier molecular flexibility index (Phi) is 10.6. The number of ketones is 1. The molecule has 1 saturated carbocycles. The third kappa shape index (κ3) is 9.76. The number of hydrogen-bond acceptors (Lipinski definition) is 10. The molecule has 2 aromatic carbocycles. The van der Waals surface area contributed by atoms with Crippen LogP contribution >= 0.6 is 11.6 Å². The zero-order valence-electron chi connectivity index (χ0n) is 24.1. The lowest BCUT2D eigenvalue weighted by molar-refractivity contribution is -0.154. The van der Waals surface area contributed by atoms with Gasteiger partial charge in [0.25, 0.3) is 11.8 Å². The fraction of sp³-hybridized carbons (Fsp3) is 0.345. The van der Waals surface area contributed by atoms with Gasteiger partial charge in [-0.2, -0.15) is 28.1 Å². The van der Waals surface area contributed by atoms with Crippen LogP contribution in [0.1, 0.15) is 54.4 Å². The molecule has 13 nitrogen and oxygen atoms in total. The van der Waals surface area contributed by atoms with Crippen molar-refractivity contribution in [1.29, 1.82) is 0 Å². The molecule has 6 N–H and O–H groups in total. The number of rotatable bonds is 16. The third-order valence-corrected chi connectivity index (χ3v) is 7.16. The molecule has 1 aromatic heterocycles. The van der Waals surface area contributed by atoms with Gasteiger partial charge in [0.1, 0.15) is 6.04 Å². The number of unbranched alkanes of at least 4 members (excludes halogenated alkanes) is 1. The Labute approximate surface area is 265 Å². The summed E-state index contributed by atoms with van der Waals surface area (Å²) in [5.41, 5.74) is 5.71. The van der Waals surface area contributed by atoms with Crippen molar-refractivity contribution in [2.75, 3.05) is 17.2 Å². The predicted octanol–water partition coefficient (Wildman–Crippen LogP) is 4.11. The number of nitrogens with zero attached hydrogens (tertiary/aromatic N) is 3. The Bertz CT molecular complexity index is 1590. The van der Waals surface area contributed by atoms with Gasteiger partial charge in [-0.25, -0.2) is 4.79 Å². The van der Waals surface area contributed by atoms with E-state index in [1.165, 1.54) is 24.3 Å². The maximum absolute atomic E-state index is 12.9. The zero-order valence-corrected chi connectivity index (χ0v) is 24.8. The molecule has 0 bridgehead atoms. The number of benzene rings is 2. The molecule has 0 spiro atoms. The van der Waals surface area contributed by atoms with Crippen molar-refractivity contribution in [2.45, 2.75) is 56.3 Å². The summed E-state index contributed by atoms with van der Waals surface area (Å²) in [6.45, 7) is -1.62. The number of carboxylic acid groups (broad SMARTS) is 1. The quantitative estimate of drug-likeness (QED) is 0.109. The number of primary amides is 1. The molecular weight excluding hydrogens is 635 g/mol. The van der Waals surface area contributed by atoms with Crippen LogP contribution in [0.3, 0.4) is 0 Å². The molecule has 3 aromatic rings. The summed E-state index contributed by atoms with van der Waals surface area (Å²) in [5.74, 6) is -3.96. The number of ether oxygens (including phenoxy) is 1. The van der Waals surface area contributed by atoms with Crippen LogP contribution in [0.25, 0.3) is 0 Å². The minimum absolute atomic E-state index is 0.0144. The van der Waals surface area contributed by atoms with Crippen molar-refractivity contribution in [1.82, 2.24) is 20.3 Å². The number of hydrogen-bond donors (Lipinski definition) is 5. The maximum atomic E-state index is 12.9. The first-order valence-electron chi connectivity index (χ1n) is 14.0. The summed E-state index contributed by atoms with van der Waals surface area (Å²) in [6, 6.07) is 11.0. The molecular formula is C29H29ClF3N7O6. The smallest absolute Gasteiger partial charge is 0.422 e. The van der Waals surface area contributed by atoms with E-state index in [2.05, 4.69) is 30.9 Å². The number of nitrogens with two attached hydrogens (primary N) is 1. The van der Waals surface area contributed by atoms with Crippen LogP contribution in [-0.4, -0.2) is 62.5 Å². The van der Waals surface area contributed by atoms with Crippen LogP contribution in [0, 0.1) is 0 Å². The number of amides is 2. The molecule has 4 rings (SSSR count). The number of carbonyl (C=O) groups excluding carboxylic acids is 3. The number of aromatic nitrogens is 3. The van der Waals surface area contributed by atoms with Gasteiger partial charge in [-0.15, -0.1) is 0 Å². The molecule has 1 heterocycles. The summed E-state index contributed by atoms with van der Waals surface area (Å²) in [4.78, 5) is 58.7. The number of halogens is 4. The molecule has 1 atom stereocenters. The Morgan fingerprint density at radius 1 is 0.978 bits per heavy atom. The predicted molar refractivity (Wildman–Crippen MR) is 159 cm³/mol. The summed E-state index contributed by atoms with van der Waals surface area (Å²) in [5, 5.41) is 18.4. The van der Waals surface area contributed by atoms with Crippen LogP contribution in [0.4, 0.5) is 30.8 Å². The van der Waals surface area contributed by atoms with E-state index in [4.69, 9.17) is 22.1 Å².